The van der Waals surface area contributed by atoms with Crippen molar-refractivity contribution in [1.82, 2.24) is 10.4 Å². The Hall–Kier alpha value is -3.15. The molecule has 0 atom stereocenters. The summed E-state index contributed by atoms with van der Waals surface area (Å²) in [6.45, 7) is 2.31. The highest BCUT2D eigenvalue weighted by Crippen LogP contribution is 2.21. The van der Waals surface area contributed by atoms with Crippen molar-refractivity contribution in [3.63, 3.8) is 0 Å². The van der Waals surface area contributed by atoms with Gasteiger partial charge in [-0.3, -0.25) is 19.8 Å². The van der Waals surface area contributed by atoms with E-state index in [2.05, 4.69) is 5.43 Å². The van der Waals surface area contributed by atoms with Gasteiger partial charge in [0.1, 0.15) is 5.75 Å². The van der Waals surface area contributed by atoms with Crippen LogP contribution in [-0.4, -0.2) is 29.3 Å². The quantitative estimate of drug-likeness (QED) is 0.877. The van der Waals surface area contributed by atoms with Gasteiger partial charge in [-0.2, -0.15) is 5.01 Å². The minimum Gasteiger partial charge on any atom is -0.494 e. The topological polar surface area (TPSA) is 75.7 Å². The van der Waals surface area contributed by atoms with Gasteiger partial charge >= 0.3 is 0 Å². The van der Waals surface area contributed by atoms with Gasteiger partial charge in [-0.25, -0.2) is 0 Å². The molecular weight excluding hydrogens is 296 g/mol. The third-order valence-corrected chi connectivity index (χ3v) is 3.41. The van der Waals surface area contributed by atoms with Crippen molar-refractivity contribution in [3.8, 4) is 5.75 Å². The largest absolute Gasteiger partial charge is 0.494 e. The van der Waals surface area contributed by atoms with Crippen molar-refractivity contribution in [2.75, 3.05) is 6.61 Å². The highest BCUT2D eigenvalue weighted by atomic mass is 16.5. The summed E-state index contributed by atoms with van der Waals surface area (Å²) in [5.41, 5.74) is 3.21. The molecule has 0 aromatic heterocycles. The second kappa shape index (κ2) is 5.92. The predicted molar refractivity (Wildman–Crippen MR) is 82.0 cm³/mol. The molecule has 1 aliphatic rings. The van der Waals surface area contributed by atoms with Gasteiger partial charge in [-0.15, -0.1) is 0 Å². The Kier molecular flexibility index (Phi) is 3.80. The number of amides is 3. The van der Waals surface area contributed by atoms with Crippen molar-refractivity contribution in [1.29, 1.82) is 0 Å². The summed E-state index contributed by atoms with van der Waals surface area (Å²) >= 11 is 0. The second-order valence-electron chi connectivity index (χ2n) is 4.89. The van der Waals surface area contributed by atoms with Crippen molar-refractivity contribution in [3.05, 3.63) is 65.2 Å². The van der Waals surface area contributed by atoms with Crippen LogP contribution in [0.3, 0.4) is 0 Å². The lowest BCUT2D eigenvalue weighted by Crippen LogP contribution is -2.45. The van der Waals surface area contributed by atoms with Crippen molar-refractivity contribution in [2.24, 2.45) is 0 Å². The zero-order valence-electron chi connectivity index (χ0n) is 12.4. The molecule has 1 aliphatic heterocycles. The van der Waals surface area contributed by atoms with Gasteiger partial charge in [-0.1, -0.05) is 18.2 Å². The van der Waals surface area contributed by atoms with Crippen LogP contribution >= 0.6 is 0 Å². The van der Waals surface area contributed by atoms with Crippen molar-refractivity contribution >= 4 is 17.7 Å². The van der Waals surface area contributed by atoms with E-state index in [1.54, 1.807) is 48.5 Å². The molecule has 116 valence electrons. The maximum absolute atomic E-state index is 12.3. The smallest absolute Gasteiger partial charge is 0.280 e. The number of benzene rings is 2. The first-order chi connectivity index (χ1) is 11.1. The first-order valence-electron chi connectivity index (χ1n) is 7.13. The van der Waals surface area contributed by atoms with Crippen LogP contribution in [0.4, 0.5) is 0 Å². The van der Waals surface area contributed by atoms with E-state index in [4.69, 9.17) is 4.74 Å². The lowest BCUT2D eigenvalue weighted by atomic mass is 10.1. The number of hydrogen-bond donors (Lipinski definition) is 1. The van der Waals surface area contributed by atoms with Crippen LogP contribution < -0.4 is 10.2 Å². The van der Waals surface area contributed by atoms with E-state index in [9.17, 15) is 14.4 Å². The molecule has 2 aromatic rings. The number of carbonyl (C=O) groups excluding carboxylic acids is 3. The predicted octanol–water partition coefficient (Wildman–Crippen LogP) is 2.03. The molecule has 0 unspecified atom stereocenters. The lowest BCUT2D eigenvalue weighted by molar-refractivity contribution is 0.0518. The zero-order valence-corrected chi connectivity index (χ0v) is 12.4. The molecule has 1 heterocycles. The minimum atomic E-state index is -0.555. The Labute approximate surface area is 132 Å². The van der Waals surface area contributed by atoms with Gasteiger partial charge in [0.25, 0.3) is 17.7 Å². The summed E-state index contributed by atoms with van der Waals surface area (Å²) < 4.78 is 5.33. The Morgan fingerprint density at radius 3 is 2.30 bits per heavy atom. The Morgan fingerprint density at radius 2 is 1.70 bits per heavy atom. The molecule has 0 saturated heterocycles. The monoisotopic (exact) mass is 310 g/mol. The van der Waals surface area contributed by atoms with E-state index in [1.165, 1.54) is 0 Å². The number of hydrogen-bond acceptors (Lipinski definition) is 4. The average Bonchev–Trinajstić information content (AvgIpc) is 2.81. The Balaban J connectivity index is 1.80. The van der Waals surface area contributed by atoms with Crippen molar-refractivity contribution < 1.29 is 19.1 Å². The molecule has 0 fully saturated rings. The molecular formula is C17H14N2O4. The van der Waals surface area contributed by atoms with E-state index in [0.29, 0.717) is 17.9 Å². The molecule has 1 N–H and O–H groups in total. The number of imide groups is 1. The van der Waals surface area contributed by atoms with Crippen LogP contribution in [0.15, 0.2) is 48.5 Å². The highest BCUT2D eigenvalue weighted by molar-refractivity contribution is 6.22. The highest BCUT2D eigenvalue weighted by Gasteiger charge is 2.36. The van der Waals surface area contributed by atoms with E-state index < -0.39 is 17.7 Å². The summed E-state index contributed by atoms with van der Waals surface area (Å²) in [5.74, 6) is -1.09. The maximum atomic E-state index is 12.3. The molecule has 0 aliphatic carbocycles. The fourth-order valence-electron chi connectivity index (χ4n) is 2.35. The van der Waals surface area contributed by atoms with Gasteiger partial charge < -0.3 is 4.74 Å². The second-order valence-corrected chi connectivity index (χ2v) is 4.89. The number of nitrogens with zero attached hydrogens (tertiary/aromatic N) is 1. The number of rotatable bonds is 4. The normalized spacial score (nSPS) is 13.0. The van der Waals surface area contributed by atoms with Crippen LogP contribution in [0.5, 0.6) is 5.75 Å². The minimum absolute atomic E-state index is 0.279. The van der Waals surface area contributed by atoms with E-state index in [-0.39, 0.29) is 11.1 Å². The van der Waals surface area contributed by atoms with Crippen LogP contribution in [0.2, 0.25) is 0 Å². The molecule has 6 heteroatoms. The third kappa shape index (κ3) is 2.66. The number of nitrogens with one attached hydrogen (secondary N) is 1. The standard InChI is InChI=1S/C17H14N2O4/c1-2-23-12-7-5-6-11(10-12)15(20)18-19-16(21)13-8-3-4-9-14(13)17(19)22/h3-10H,2H2,1H3,(H,18,20). The lowest BCUT2D eigenvalue weighted by Gasteiger charge is -2.15. The summed E-state index contributed by atoms with van der Waals surface area (Å²) in [6, 6.07) is 13.0. The molecule has 2 aromatic carbocycles. The summed E-state index contributed by atoms with van der Waals surface area (Å²) in [7, 11) is 0. The molecule has 6 nitrogen and oxygen atoms in total. The summed E-state index contributed by atoms with van der Waals surface area (Å²) in [4.78, 5) is 36.7. The van der Waals surface area contributed by atoms with E-state index in [1.807, 2.05) is 6.92 Å². The number of hydrazine groups is 1. The molecule has 0 radical (unpaired) electrons. The molecule has 3 rings (SSSR count). The van der Waals surface area contributed by atoms with Crippen LogP contribution in [0, 0.1) is 0 Å². The zero-order chi connectivity index (χ0) is 16.4. The van der Waals surface area contributed by atoms with Crippen LogP contribution in [0.25, 0.3) is 0 Å². The van der Waals surface area contributed by atoms with Gasteiger partial charge in [0, 0.05) is 5.56 Å². The summed E-state index contributed by atoms with van der Waals surface area (Å²) in [6.07, 6.45) is 0. The SMILES string of the molecule is CCOc1cccc(C(=O)NN2C(=O)c3ccccc3C2=O)c1. The van der Waals surface area contributed by atoms with Crippen LogP contribution in [0.1, 0.15) is 38.0 Å². The Bertz CT molecular complexity index is 766. The van der Waals surface area contributed by atoms with Gasteiger partial charge in [0.05, 0.1) is 17.7 Å². The fraction of sp³-hybridized carbons (Fsp3) is 0.118. The molecule has 23 heavy (non-hydrogen) atoms. The summed E-state index contributed by atoms with van der Waals surface area (Å²) in [5, 5.41) is 0.736. The van der Waals surface area contributed by atoms with Gasteiger partial charge in [0.15, 0.2) is 0 Å². The molecule has 0 bridgehead atoms. The fourth-order valence-corrected chi connectivity index (χ4v) is 2.35. The number of ether oxygens (including phenoxy) is 1. The molecule has 3 amide bonds. The first-order valence-corrected chi connectivity index (χ1v) is 7.13. The van der Waals surface area contributed by atoms with Gasteiger partial charge in [-0.05, 0) is 37.3 Å². The average molecular weight is 310 g/mol. The molecule has 0 saturated carbocycles. The van der Waals surface area contributed by atoms with Crippen LogP contribution in [-0.2, 0) is 0 Å². The first kappa shape index (κ1) is 14.8. The maximum Gasteiger partial charge on any atom is 0.280 e. The van der Waals surface area contributed by atoms with E-state index in [0.717, 1.165) is 5.01 Å². The van der Waals surface area contributed by atoms with Gasteiger partial charge in [0.2, 0.25) is 0 Å². The number of fused-ring (bicyclic) bond motifs is 1. The van der Waals surface area contributed by atoms with E-state index >= 15 is 0 Å². The number of carbonyl (C=O) groups is 3. The molecule has 0 spiro atoms. The Morgan fingerprint density at radius 1 is 1.04 bits per heavy atom. The third-order valence-electron chi connectivity index (χ3n) is 3.41. The van der Waals surface area contributed by atoms with Crippen molar-refractivity contribution in [2.45, 2.75) is 6.92 Å².